The van der Waals surface area contributed by atoms with Crippen molar-refractivity contribution in [2.45, 2.75) is 37.6 Å². The molecule has 74 valence electrons. The van der Waals surface area contributed by atoms with Crippen LogP contribution in [0, 0.1) is 5.41 Å². The molecule has 2 N–H and O–H groups in total. The second-order valence-electron chi connectivity index (χ2n) is 5.09. The summed E-state index contributed by atoms with van der Waals surface area (Å²) in [6.45, 7) is 0. The maximum absolute atomic E-state index is 6.23. The van der Waals surface area contributed by atoms with Crippen molar-refractivity contribution < 1.29 is 0 Å². The number of rotatable bonds is 1. The van der Waals surface area contributed by atoms with Crippen LogP contribution >= 0.6 is 0 Å². The van der Waals surface area contributed by atoms with E-state index in [1.807, 2.05) is 0 Å². The lowest BCUT2D eigenvalue weighted by molar-refractivity contribution is 0.520. The SMILES string of the molecule is NC1CC2(CC2)CC1c1ccccc1. The van der Waals surface area contributed by atoms with Gasteiger partial charge in [-0.1, -0.05) is 30.3 Å². The van der Waals surface area contributed by atoms with Gasteiger partial charge in [-0.25, -0.2) is 0 Å². The van der Waals surface area contributed by atoms with Gasteiger partial charge in [-0.05, 0) is 42.6 Å². The number of benzene rings is 1. The lowest BCUT2D eigenvalue weighted by atomic mass is 9.94. The van der Waals surface area contributed by atoms with Crippen LogP contribution in [0.15, 0.2) is 30.3 Å². The highest BCUT2D eigenvalue weighted by Gasteiger charge is 2.51. The molecule has 2 aliphatic carbocycles. The molecule has 2 aliphatic rings. The Morgan fingerprint density at radius 1 is 1.07 bits per heavy atom. The van der Waals surface area contributed by atoms with Crippen molar-refractivity contribution in [1.29, 1.82) is 0 Å². The predicted octanol–water partition coefficient (Wildman–Crippen LogP) is 2.67. The van der Waals surface area contributed by atoms with E-state index >= 15 is 0 Å². The fourth-order valence-electron chi connectivity index (χ4n) is 2.99. The summed E-state index contributed by atoms with van der Waals surface area (Å²) in [5.41, 5.74) is 8.34. The van der Waals surface area contributed by atoms with Crippen LogP contribution < -0.4 is 5.73 Å². The third-order valence-electron chi connectivity index (χ3n) is 4.02. The molecule has 1 aromatic carbocycles. The van der Waals surface area contributed by atoms with Crippen LogP contribution in [0.3, 0.4) is 0 Å². The topological polar surface area (TPSA) is 26.0 Å². The van der Waals surface area contributed by atoms with E-state index in [9.17, 15) is 0 Å². The van der Waals surface area contributed by atoms with Crippen molar-refractivity contribution in [2.75, 3.05) is 0 Å². The molecule has 2 saturated carbocycles. The molecule has 1 nitrogen and oxygen atoms in total. The monoisotopic (exact) mass is 187 g/mol. The summed E-state index contributed by atoms with van der Waals surface area (Å²) in [5.74, 6) is 0.624. The zero-order chi connectivity index (χ0) is 9.60. The minimum absolute atomic E-state index is 0.403. The van der Waals surface area contributed by atoms with E-state index in [2.05, 4.69) is 30.3 Å². The maximum atomic E-state index is 6.23. The minimum Gasteiger partial charge on any atom is -0.327 e. The first-order chi connectivity index (χ1) is 6.79. The molecule has 2 fully saturated rings. The van der Waals surface area contributed by atoms with Crippen molar-refractivity contribution >= 4 is 0 Å². The van der Waals surface area contributed by atoms with Gasteiger partial charge in [-0.15, -0.1) is 0 Å². The van der Waals surface area contributed by atoms with E-state index in [0.717, 1.165) is 0 Å². The van der Waals surface area contributed by atoms with Crippen LogP contribution in [0.5, 0.6) is 0 Å². The molecular formula is C13H17N. The lowest BCUT2D eigenvalue weighted by Crippen LogP contribution is -2.22. The van der Waals surface area contributed by atoms with Crippen LogP contribution in [-0.4, -0.2) is 6.04 Å². The summed E-state index contributed by atoms with van der Waals surface area (Å²) in [6, 6.07) is 11.2. The average Bonchev–Trinajstić information content (AvgIpc) is 2.86. The standard InChI is InChI=1S/C13H17N/c14-12-9-13(6-7-13)8-11(12)10-4-2-1-3-5-10/h1-5,11-12H,6-9,14H2. The van der Waals surface area contributed by atoms with Crippen molar-refractivity contribution in [2.24, 2.45) is 11.1 Å². The zero-order valence-corrected chi connectivity index (χ0v) is 8.45. The number of nitrogens with two attached hydrogens (primary N) is 1. The number of hydrogen-bond donors (Lipinski definition) is 1. The van der Waals surface area contributed by atoms with Gasteiger partial charge in [-0.3, -0.25) is 0 Å². The van der Waals surface area contributed by atoms with E-state index in [0.29, 0.717) is 17.4 Å². The quantitative estimate of drug-likeness (QED) is 0.718. The smallest absolute Gasteiger partial charge is 0.0113 e. The van der Waals surface area contributed by atoms with Gasteiger partial charge in [0.15, 0.2) is 0 Å². The Morgan fingerprint density at radius 2 is 1.79 bits per heavy atom. The van der Waals surface area contributed by atoms with Gasteiger partial charge in [0.2, 0.25) is 0 Å². The molecule has 1 spiro atoms. The third-order valence-corrected chi connectivity index (χ3v) is 4.02. The lowest BCUT2D eigenvalue weighted by Gasteiger charge is -2.14. The van der Waals surface area contributed by atoms with Crippen molar-refractivity contribution in [1.82, 2.24) is 0 Å². The molecule has 3 rings (SSSR count). The molecule has 14 heavy (non-hydrogen) atoms. The molecule has 2 atom stereocenters. The van der Waals surface area contributed by atoms with Gasteiger partial charge in [0.1, 0.15) is 0 Å². The molecule has 0 radical (unpaired) electrons. The third kappa shape index (κ3) is 1.27. The molecule has 0 amide bonds. The largest absolute Gasteiger partial charge is 0.327 e. The van der Waals surface area contributed by atoms with Gasteiger partial charge >= 0.3 is 0 Å². The van der Waals surface area contributed by atoms with Gasteiger partial charge in [-0.2, -0.15) is 0 Å². The van der Waals surface area contributed by atoms with Crippen molar-refractivity contribution in [3.05, 3.63) is 35.9 Å². The van der Waals surface area contributed by atoms with Gasteiger partial charge in [0, 0.05) is 6.04 Å². The van der Waals surface area contributed by atoms with Crippen molar-refractivity contribution in [3.8, 4) is 0 Å². The first-order valence-corrected chi connectivity index (χ1v) is 5.60. The predicted molar refractivity (Wildman–Crippen MR) is 58.1 cm³/mol. The second kappa shape index (κ2) is 2.83. The van der Waals surface area contributed by atoms with Crippen molar-refractivity contribution in [3.63, 3.8) is 0 Å². The first-order valence-electron chi connectivity index (χ1n) is 5.60. The van der Waals surface area contributed by atoms with E-state index in [1.54, 1.807) is 0 Å². The summed E-state index contributed by atoms with van der Waals surface area (Å²) in [6.07, 6.45) is 5.43. The van der Waals surface area contributed by atoms with Gasteiger partial charge < -0.3 is 5.73 Å². The molecule has 0 bridgehead atoms. The Labute approximate surface area is 85.3 Å². The molecule has 0 saturated heterocycles. The maximum Gasteiger partial charge on any atom is 0.0113 e. The highest BCUT2D eigenvalue weighted by molar-refractivity contribution is 5.25. The average molecular weight is 187 g/mol. The molecule has 0 aromatic heterocycles. The minimum atomic E-state index is 0.403. The highest BCUT2D eigenvalue weighted by Crippen LogP contribution is 2.61. The van der Waals surface area contributed by atoms with E-state index in [1.165, 1.54) is 31.2 Å². The summed E-state index contributed by atoms with van der Waals surface area (Å²) in [5, 5.41) is 0. The molecule has 2 unspecified atom stereocenters. The molecule has 0 heterocycles. The zero-order valence-electron chi connectivity index (χ0n) is 8.45. The Hall–Kier alpha value is -0.820. The van der Waals surface area contributed by atoms with Crippen LogP contribution in [0.4, 0.5) is 0 Å². The molecular weight excluding hydrogens is 170 g/mol. The van der Waals surface area contributed by atoms with Crippen LogP contribution in [0.2, 0.25) is 0 Å². The van der Waals surface area contributed by atoms with Gasteiger partial charge in [0.05, 0.1) is 0 Å². The summed E-state index contributed by atoms with van der Waals surface area (Å²) >= 11 is 0. The van der Waals surface area contributed by atoms with E-state index in [-0.39, 0.29) is 0 Å². The summed E-state index contributed by atoms with van der Waals surface area (Å²) < 4.78 is 0. The fourth-order valence-corrected chi connectivity index (χ4v) is 2.99. The second-order valence-corrected chi connectivity index (χ2v) is 5.09. The molecule has 1 heteroatoms. The highest BCUT2D eigenvalue weighted by atomic mass is 14.7. The van der Waals surface area contributed by atoms with Gasteiger partial charge in [0.25, 0.3) is 0 Å². The summed E-state index contributed by atoms with van der Waals surface area (Å²) in [7, 11) is 0. The normalized spacial score (nSPS) is 33.5. The van der Waals surface area contributed by atoms with E-state index < -0.39 is 0 Å². The molecule has 1 aromatic rings. The summed E-state index contributed by atoms with van der Waals surface area (Å²) in [4.78, 5) is 0. The Morgan fingerprint density at radius 3 is 2.36 bits per heavy atom. The Balaban J connectivity index is 1.86. The Kier molecular flexibility index (Phi) is 1.72. The van der Waals surface area contributed by atoms with Crippen LogP contribution in [-0.2, 0) is 0 Å². The van der Waals surface area contributed by atoms with Crippen LogP contribution in [0.25, 0.3) is 0 Å². The first kappa shape index (κ1) is 8.49. The Bertz CT molecular complexity index is 326. The fraction of sp³-hybridized carbons (Fsp3) is 0.538. The number of hydrogen-bond acceptors (Lipinski definition) is 1. The molecule has 0 aliphatic heterocycles. The van der Waals surface area contributed by atoms with Crippen LogP contribution in [0.1, 0.15) is 37.2 Å². The van der Waals surface area contributed by atoms with E-state index in [4.69, 9.17) is 5.73 Å².